The molecule has 1 aromatic carbocycles. The van der Waals surface area contributed by atoms with Crippen LogP contribution in [0, 0.1) is 13.8 Å². The van der Waals surface area contributed by atoms with Crippen LogP contribution in [0.2, 0.25) is 0 Å². The number of aryl methyl sites for hydroxylation is 1. The van der Waals surface area contributed by atoms with Crippen LogP contribution in [0.4, 0.5) is 0 Å². The maximum Gasteiger partial charge on any atom is 0.318 e. The fourth-order valence-electron chi connectivity index (χ4n) is 2.41. The number of hydrogen-bond acceptors (Lipinski definition) is 5. The largest absolute Gasteiger partial charge is 0.459 e. The van der Waals surface area contributed by atoms with E-state index in [-0.39, 0.29) is 11.8 Å². The molecule has 122 valence electrons. The molecule has 0 saturated heterocycles. The van der Waals surface area contributed by atoms with E-state index < -0.39 is 0 Å². The van der Waals surface area contributed by atoms with Gasteiger partial charge in [-0.05, 0) is 26.3 Å². The quantitative estimate of drug-likeness (QED) is 0.675. The van der Waals surface area contributed by atoms with Crippen LogP contribution in [0.15, 0.2) is 42.6 Å². The molecule has 0 radical (unpaired) electrons. The normalized spacial score (nSPS) is 10.6. The van der Waals surface area contributed by atoms with Crippen molar-refractivity contribution in [2.24, 2.45) is 0 Å². The third kappa shape index (κ3) is 3.32. The zero-order valence-corrected chi connectivity index (χ0v) is 13.9. The van der Waals surface area contributed by atoms with Gasteiger partial charge in [0.2, 0.25) is 0 Å². The molecular weight excluding hydrogens is 304 g/mol. The summed E-state index contributed by atoms with van der Waals surface area (Å²) in [5.41, 5.74) is 3.13. The second-order valence-electron chi connectivity index (χ2n) is 5.54. The van der Waals surface area contributed by atoms with Crippen molar-refractivity contribution in [1.82, 2.24) is 19.7 Å². The molecule has 3 rings (SSSR count). The van der Waals surface area contributed by atoms with Crippen molar-refractivity contribution in [3.8, 4) is 11.8 Å². The molecule has 0 unspecified atom stereocenters. The smallest absolute Gasteiger partial charge is 0.318 e. The van der Waals surface area contributed by atoms with Gasteiger partial charge < -0.3 is 4.74 Å². The van der Waals surface area contributed by atoms with Crippen LogP contribution in [0.3, 0.4) is 0 Å². The molecule has 24 heavy (non-hydrogen) atoms. The van der Waals surface area contributed by atoms with Gasteiger partial charge in [0.1, 0.15) is 6.61 Å². The number of Topliss-reactive ketones (excluding diaryl/α,β-unsaturated/α-hetero) is 1. The Kier molecular flexibility index (Phi) is 4.37. The standard InChI is InChI=1S/C18H18N4O2/c1-12-9-17(22-13(2)16(10-19-22)14(3)23)21-18(20-12)24-11-15-7-5-4-6-8-15/h4-10H,11H2,1-3H3. The van der Waals surface area contributed by atoms with Crippen LogP contribution in [0.1, 0.15) is 34.2 Å². The van der Waals surface area contributed by atoms with Gasteiger partial charge in [-0.1, -0.05) is 30.3 Å². The van der Waals surface area contributed by atoms with Crippen molar-refractivity contribution in [3.05, 3.63) is 65.1 Å². The summed E-state index contributed by atoms with van der Waals surface area (Å²) < 4.78 is 7.32. The van der Waals surface area contributed by atoms with Crippen molar-refractivity contribution < 1.29 is 9.53 Å². The number of aromatic nitrogens is 4. The van der Waals surface area contributed by atoms with Crippen molar-refractivity contribution >= 4 is 5.78 Å². The van der Waals surface area contributed by atoms with E-state index >= 15 is 0 Å². The number of rotatable bonds is 5. The van der Waals surface area contributed by atoms with Gasteiger partial charge in [-0.25, -0.2) is 9.67 Å². The lowest BCUT2D eigenvalue weighted by Gasteiger charge is -2.09. The van der Waals surface area contributed by atoms with E-state index in [1.165, 1.54) is 6.92 Å². The van der Waals surface area contributed by atoms with Crippen LogP contribution in [0.5, 0.6) is 6.01 Å². The number of ketones is 1. The maximum atomic E-state index is 11.6. The van der Waals surface area contributed by atoms with Gasteiger partial charge in [-0.15, -0.1) is 0 Å². The Morgan fingerprint density at radius 2 is 1.92 bits per heavy atom. The van der Waals surface area contributed by atoms with Gasteiger partial charge in [0.15, 0.2) is 11.6 Å². The fraction of sp³-hybridized carbons (Fsp3) is 0.222. The van der Waals surface area contributed by atoms with Crippen LogP contribution < -0.4 is 4.74 Å². The highest BCUT2D eigenvalue weighted by Gasteiger charge is 2.14. The first-order valence-electron chi connectivity index (χ1n) is 7.63. The zero-order chi connectivity index (χ0) is 17.1. The molecule has 0 aliphatic rings. The van der Waals surface area contributed by atoms with E-state index in [9.17, 15) is 4.79 Å². The monoisotopic (exact) mass is 322 g/mol. The molecule has 0 amide bonds. The Morgan fingerprint density at radius 3 is 2.58 bits per heavy atom. The van der Waals surface area contributed by atoms with Crippen LogP contribution in [-0.4, -0.2) is 25.5 Å². The lowest BCUT2D eigenvalue weighted by molar-refractivity contribution is 0.101. The molecule has 2 heterocycles. The van der Waals surface area contributed by atoms with Crippen molar-refractivity contribution in [2.45, 2.75) is 27.4 Å². The predicted molar refractivity (Wildman–Crippen MR) is 89.4 cm³/mol. The first-order valence-corrected chi connectivity index (χ1v) is 7.63. The predicted octanol–water partition coefficient (Wildman–Crippen LogP) is 3.06. The molecule has 0 aliphatic heterocycles. The van der Waals surface area contributed by atoms with E-state index in [4.69, 9.17) is 4.74 Å². The van der Waals surface area contributed by atoms with Crippen molar-refractivity contribution in [2.75, 3.05) is 0 Å². The summed E-state index contributed by atoms with van der Waals surface area (Å²) in [5, 5.41) is 4.26. The lowest BCUT2D eigenvalue weighted by Crippen LogP contribution is -2.07. The summed E-state index contributed by atoms with van der Waals surface area (Å²) in [6.07, 6.45) is 1.56. The number of benzene rings is 1. The number of carbonyl (C=O) groups is 1. The molecule has 0 N–H and O–H groups in total. The molecule has 3 aromatic rings. The Labute approximate surface area is 140 Å². The number of nitrogens with zero attached hydrogens (tertiary/aromatic N) is 4. The molecule has 0 fully saturated rings. The van der Waals surface area contributed by atoms with Gasteiger partial charge in [0.05, 0.1) is 17.5 Å². The van der Waals surface area contributed by atoms with E-state index in [1.54, 1.807) is 16.9 Å². The second kappa shape index (κ2) is 6.62. The lowest BCUT2D eigenvalue weighted by atomic mass is 10.2. The molecule has 6 nitrogen and oxygen atoms in total. The minimum Gasteiger partial charge on any atom is -0.459 e. The molecule has 0 atom stereocenters. The average molecular weight is 322 g/mol. The van der Waals surface area contributed by atoms with Crippen molar-refractivity contribution in [3.63, 3.8) is 0 Å². The van der Waals surface area contributed by atoms with Gasteiger partial charge in [0.25, 0.3) is 0 Å². The SMILES string of the molecule is CC(=O)c1cnn(-c2cc(C)nc(OCc3ccccc3)n2)c1C. The number of hydrogen-bond donors (Lipinski definition) is 0. The summed E-state index contributed by atoms with van der Waals surface area (Å²) in [4.78, 5) is 20.3. The van der Waals surface area contributed by atoms with Gasteiger partial charge in [-0.3, -0.25) is 4.79 Å². The first kappa shape index (κ1) is 15.9. The zero-order valence-electron chi connectivity index (χ0n) is 13.9. The second-order valence-corrected chi connectivity index (χ2v) is 5.54. The van der Waals surface area contributed by atoms with Gasteiger partial charge >= 0.3 is 6.01 Å². The third-order valence-corrected chi connectivity index (χ3v) is 3.64. The highest BCUT2D eigenvalue weighted by Crippen LogP contribution is 2.16. The molecule has 2 aromatic heterocycles. The highest BCUT2D eigenvalue weighted by atomic mass is 16.5. The number of carbonyl (C=O) groups excluding carboxylic acids is 1. The topological polar surface area (TPSA) is 69.9 Å². The maximum absolute atomic E-state index is 11.6. The molecule has 0 aliphatic carbocycles. The van der Waals surface area contributed by atoms with E-state index in [1.807, 2.05) is 44.2 Å². The fourth-order valence-corrected chi connectivity index (χ4v) is 2.41. The molecular formula is C18H18N4O2. The highest BCUT2D eigenvalue weighted by molar-refractivity contribution is 5.94. The number of ether oxygens (including phenoxy) is 1. The Morgan fingerprint density at radius 1 is 1.17 bits per heavy atom. The van der Waals surface area contributed by atoms with Crippen LogP contribution >= 0.6 is 0 Å². The third-order valence-electron chi connectivity index (χ3n) is 3.64. The Hall–Kier alpha value is -3.02. The Bertz CT molecular complexity index is 872. The summed E-state index contributed by atoms with van der Waals surface area (Å²) in [7, 11) is 0. The summed E-state index contributed by atoms with van der Waals surface area (Å²) in [6.45, 7) is 5.62. The van der Waals surface area contributed by atoms with E-state index in [2.05, 4.69) is 15.1 Å². The summed E-state index contributed by atoms with van der Waals surface area (Å²) in [6, 6.07) is 11.9. The van der Waals surface area contributed by atoms with Crippen molar-refractivity contribution in [1.29, 1.82) is 0 Å². The summed E-state index contributed by atoms with van der Waals surface area (Å²) in [5.74, 6) is 0.556. The van der Waals surface area contributed by atoms with E-state index in [0.717, 1.165) is 17.0 Å². The molecule has 6 heteroatoms. The van der Waals surface area contributed by atoms with Gasteiger partial charge in [0, 0.05) is 11.8 Å². The average Bonchev–Trinajstić information content (AvgIpc) is 2.95. The minimum absolute atomic E-state index is 0.0231. The molecule has 0 saturated carbocycles. The Balaban J connectivity index is 1.88. The summed E-state index contributed by atoms with van der Waals surface area (Å²) >= 11 is 0. The van der Waals surface area contributed by atoms with E-state index in [0.29, 0.717) is 18.0 Å². The van der Waals surface area contributed by atoms with Gasteiger partial charge in [-0.2, -0.15) is 10.1 Å². The van der Waals surface area contributed by atoms with Crippen LogP contribution in [0.25, 0.3) is 5.82 Å². The van der Waals surface area contributed by atoms with Crippen LogP contribution in [-0.2, 0) is 6.61 Å². The minimum atomic E-state index is -0.0231. The molecule has 0 bridgehead atoms. The first-order chi connectivity index (χ1) is 11.5. The molecule has 0 spiro atoms.